The molecule has 0 saturated carbocycles. The minimum atomic E-state index is -0.0437. The maximum atomic E-state index is 13.2. The van der Waals surface area contributed by atoms with Crippen molar-refractivity contribution in [3.8, 4) is 0 Å². The van der Waals surface area contributed by atoms with Crippen LogP contribution in [0.25, 0.3) is 0 Å². The fourth-order valence-electron chi connectivity index (χ4n) is 3.57. The van der Waals surface area contributed by atoms with Gasteiger partial charge in [0.25, 0.3) is 5.91 Å². The van der Waals surface area contributed by atoms with E-state index in [-0.39, 0.29) is 23.9 Å². The second kappa shape index (κ2) is 6.71. The van der Waals surface area contributed by atoms with Crippen LogP contribution in [-0.4, -0.2) is 28.8 Å². The van der Waals surface area contributed by atoms with E-state index in [4.69, 9.17) is 0 Å². The van der Waals surface area contributed by atoms with Gasteiger partial charge in [0.2, 0.25) is 5.91 Å². The van der Waals surface area contributed by atoms with E-state index in [0.717, 1.165) is 11.3 Å². The van der Waals surface area contributed by atoms with Crippen LogP contribution in [0.2, 0.25) is 0 Å². The van der Waals surface area contributed by atoms with E-state index in [0.29, 0.717) is 17.7 Å². The molecule has 1 aliphatic heterocycles. The number of benzene rings is 2. The number of anilines is 2. The predicted molar refractivity (Wildman–Crippen MR) is 100 cm³/mol. The first-order valence-electron chi connectivity index (χ1n) is 8.74. The van der Waals surface area contributed by atoms with E-state index in [1.807, 2.05) is 81.1 Å². The van der Waals surface area contributed by atoms with Gasteiger partial charge in [-0.05, 0) is 51.5 Å². The Kier molecular flexibility index (Phi) is 4.62. The zero-order valence-corrected chi connectivity index (χ0v) is 15.2. The standard InChI is InChI=1S/C21H24N2O2/c1-14(2)22(15(3)4)21(25)17-10-6-8-12-19(17)23-18-11-7-5-9-16(18)13-20(23)24/h5-12,14-15H,13H2,1-4H3. The zero-order valence-electron chi connectivity index (χ0n) is 15.2. The first kappa shape index (κ1) is 17.2. The topological polar surface area (TPSA) is 40.6 Å². The van der Waals surface area contributed by atoms with E-state index in [2.05, 4.69) is 0 Å². The van der Waals surface area contributed by atoms with E-state index in [1.54, 1.807) is 4.90 Å². The molecule has 0 atom stereocenters. The van der Waals surface area contributed by atoms with Crippen LogP contribution in [0.1, 0.15) is 43.6 Å². The SMILES string of the molecule is CC(C)N(C(=O)c1ccccc1N1C(=O)Cc2ccccc21)C(C)C. The number of hydrogen-bond donors (Lipinski definition) is 0. The summed E-state index contributed by atoms with van der Waals surface area (Å²) in [6, 6.07) is 15.3. The van der Waals surface area contributed by atoms with Crippen molar-refractivity contribution in [3.63, 3.8) is 0 Å². The Morgan fingerprint density at radius 3 is 2.12 bits per heavy atom. The molecular weight excluding hydrogens is 312 g/mol. The summed E-state index contributed by atoms with van der Waals surface area (Å²) in [5, 5.41) is 0. The fourth-order valence-corrected chi connectivity index (χ4v) is 3.57. The van der Waals surface area contributed by atoms with Crippen LogP contribution >= 0.6 is 0 Å². The van der Waals surface area contributed by atoms with Crippen LogP contribution in [0.15, 0.2) is 48.5 Å². The second-order valence-corrected chi connectivity index (χ2v) is 6.95. The lowest BCUT2D eigenvalue weighted by Crippen LogP contribution is -2.42. The molecule has 3 rings (SSSR count). The number of amides is 2. The number of hydrogen-bond acceptors (Lipinski definition) is 2. The molecule has 1 aliphatic rings. The molecule has 0 spiro atoms. The highest BCUT2D eigenvalue weighted by atomic mass is 16.2. The normalized spacial score (nSPS) is 13.5. The van der Waals surface area contributed by atoms with Crippen LogP contribution in [0.4, 0.5) is 11.4 Å². The minimum Gasteiger partial charge on any atom is -0.334 e. The molecule has 1 heterocycles. The maximum absolute atomic E-state index is 13.2. The van der Waals surface area contributed by atoms with Crippen LogP contribution in [0.3, 0.4) is 0 Å². The Hall–Kier alpha value is -2.62. The molecule has 0 bridgehead atoms. The van der Waals surface area contributed by atoms with Gasteiger partial charge in [-0.2, -0.15) is 0 Å². The number of carbonyl (C=O) groups is 2. The zero-order chi connectivity index (χ0) is 18.1. The van der Waals surface area contributed by atoms with Crippen molar-refractivity contribution in [2.24, 2.45) is 0 Å². The van der Waals surface area contributed by atoms with Gasteiger partial charge in [0.1, 0.15) is 0 Å². The van der Waals surface area contributed by atoms with Gasteiger partial charge < -0.3 is 4.90 Å². The summed E-state index contributed by atoms with van der Waals surface area (Å²) < 4.78 is 0. The molecule has 0 N–H and O–H groups in total. The number of rotatable bonds is 4. The van der Waals surface area contributed by atoms with Gasteiger partial charge in [-0.15, -0.1) is 0 Å². The lowest BCUT2D eigenvalue weighted by Gasteiger charge is -2.32. The first-order chi connectivity index (χ1) is 11.9. The summed E-state index contributed by atoms with van der Waals surface area (Å²) >= 11 is 0. The molecule has 2 aromatic rings. The fraction of sp³-hybridized carbons (Fsp3) is 0.333. The van der Waals surface area contributed by atoms with Crippen LogP contribution in [-0.2, 0) is 11.2 Å². The molecule has 2 aromatic carbocycles. The second-order valence-electron chi connectivity index (χ2n) is 6.95. The number of nitrogens with zero attached hydrogens (tertiary/aromatic N) is 2. The molecule has 4 nitrogen and oxygen atoms in total. The number of fused-ring (bicyclic) bond motifs is 1. The quantitative estimate of drug-likeness (QED) is 0.841. The van der Waals surface area contributed by atoms with Crippen molar-refractivity contribution in [1.82, 2.24) is 4.90 Å². The van der Waals surface area contributed by atoms with Gasteiger partial charge in [0, 0.05) is 12.1 Å². The van der Waals surface area contributed by atoms with Gasteiger partial charge in [0.15, 0.2) is 0 Å². The van der Waals surface area contributed by atoms with Gasteiger partial charge in [-0.3, -0.25) is 14.5 Å². The summed E-state index contributed by atoms with van der Waals surface area (Å²) in [5.41, 5.74) is 3.09. The summed E-state index contributed by atoms with van der Waals surface area (Å²) in [6.45, 7) is 8.04. The number of carbonyl (C=O) groups excluding carboxylic acids is 2. The molecule has 0 aromatic heterocycles. The van der Waals surface area contributed by atoms with Crippen LogP contribution in [0, 0.1) is 0 Å². The van der Waals surface area contributed by atoms with Gasteiger partial charge in [-0.1, -0.05) is 30.3 Å². The highest BCUT2D eigenvalue weighted by Gasteiger charge is 2.32. The van der Waals surface area contributed by atoms with Crippen molar-refractivity contribution in [2.45, 2.75) is 46.2 Å². The van der Waals surface area contributed by atoms with Crippen molar-refractivity contribution in [1.29, 1.82) is 0 Å². The molecule has 0 unspecified atom stereocenters. The van der Waals surface area contributed by atoms with E-state index < -0.39 is 0 Å². The highest BCUT2D eigenvalue weighted by Crippen LogP contribution is 2.37. The van der Waals surface area contributed by atoms with E-state index in [1.165, 1.54) is 0 Å². The summed E-state index contributed by atoms with van der Waals surface area (Å²) in [7, 11) is 0. The van der Waals surface area contributed by atoms with Gasteiger partial charge in [-0.25, -0.2) is 0 Å². The maximum Gasteiger partial charge on any atom is 0.256 e. The summed E-state index contributed by atoms with van der Waals surface area (Å²) in [4.78, 5) is 29.4. The minimum absolute atomic E-state index is 0.00194. The molecule has 0 radical (unpaired) electrons. The summed E-state index contributed by atoms with van der Waals surface area (Å²) in [5.74, 6) is -0.0418. The van der Waals surface area contributed by atoms with Gasteiger partial charge >= 0.3 is 0 Å². The van der Waals surface area contributed by atoms with Crippen molar-refractivity contribution in [3.05, 3.63) is 59.7 Å². The Morgan fingerprint density at radius 2 is 1.48 bits per heavy atom. The number of para-hydroxylation sites is 2. The third-order valence-corrected chi connectivity index (χ3v) is 4.55. The summed E-state index contributed by atoms with van der Waals surface area (Å²) in [6.07, 6.45) is 0.372. The van der Waals surface area contributed by atoms with E-state index >= 15 is 0 Å². The predicted octanol–water partition coefficient (Wildman–Crippen LogP) is 4.17. The Balaban J connectivity index is 2.09. The monoisotopic (exact) mass is 336 g/mol. The Bertz CT molecular complexity index is 803. The van der Waals surface area contributed by atoms with E-state index in [9.17, 15) is 9.59 Å². The largest absolute Gasteiger partial charge is 0.334 e. The molecule has 4 heteroatoms. The average molecular weight is 336 g/mol. The Morgan fingerprint density at radius 1 is 0.920 bits per heavy atom. The molecule has 0 aliphatic carbocycles. The molecule has 130 valence electrons. The molecule has 25 heavy (non-hydrogen) atoms. The third kappa shape index (κ3) is 3.04. The molecule has 0 fully saturated rings. The lowest BCUT2D eigenvalue weighted by atomic mass is 10.1. The first-order valence-corrected chi connectivity index (χ1v) is 8.74. The van der Waals surface area contributed by atoms with Crippen molar-refractivity contribution < 1.29 is 9.59 Å². The molecule has 2 amide bonds. The highest BCUT2D eigenvalue weighted by molar-refractivity contribution is 6.12. The average Bonchev–Trinajstić information content (AvgIpc) is 2.89. The lowest BCUT2D eigenvalue weighted by molar-refractivity contribution is -0.116. The molecular formula is C21H24N2O2. The van der Waals surface area contributed by atoms with Crippen LogP contribution in [0.5, 0.6) is 0 Å². The van der Waals surface area contributed by atoms with Crippen molar-refractivity contribution in [2.75, 3.05) is 4.90 Å². The molecule has 0 saturated heterocycles. The third-order valence-electron chi connectivity index (χ3n) is 4.55. The smallest absolute Gasteiger partial charge is 0.256 e. The van der Waals surface area contributed by atoms with Crippen LogP contribution < -0.4 is 4.90 Å². The Labute approximate surface area is 149 Å². The van der Waals surface area contributed by atoms with Gasteiger partial charge in [0.05, 0.1) is 23.4 Å². The van der Waals surface area contributed by atoms with Crippen molar-refractivity contribution >= 4 is 23.2 Å².